The number of halogens is 1. The normalized spacial score (nSPS) is 11.4. The van der Waals surface area contributed by atoms with Gasteiger partial charge in [0, 0.05) is 28.8 Å². The number of hydrogen-bond donors (Lipinski definition) is 1. The Morgan fingerprint density at radius 1 is 1.40 bits per heavy atom. The van der Waals surface area contributed by atoms with E-state index in [2.05, 4.69) is 10.3 Å². The first kappa shape index (κ1) is 14.6. The molecule has 20 heavy (non-hydrogen) atoms. The molecule has 1 N–H and O–H groups in total. The van der Waals surface area contributed by atoms with Crippen molar-refractivity contribution < 1.29 is 9.21 Å². The molecule has 106 valence electrons. The van der Waals surface area contributed by atoms with E-state index < -0.39 is 0 Å². The van der Waals surface area contributed by atoms with Crippen molar-refractivity contribution in [2.75, 3.05) is 0 Å². The Hall–Kier alpha value is -1.81. The van der Waals surface area contributed by atoms with E-state index in [-0.39, 0.29) is 11.3 Å². The van der Waals surface area contributed by atoms with E-state index in [1.807, 2.05) is 20.8 Å². The Morgan fingerprint density at radius 2 is 2.15 bits per heavy atom. The number of aromatic nitrogens is 1. The molecule has 0 bridgehead atoms. The standard InChI is InChI=1S/C15H17ClN2O2/c1-15(2,3)12-6-11(7-13(16)18-12)14(19)17-8-10-4-5-20-9-10/h4-7,9H,8H2,1-3H3,(H,17,19). The Morgan fingerprint density at radius 3 is 2.75 bits per heavy atom. The Balaban J connectivity index is 2.15. The minimum atomic E-state index is -0.180. The van der Waals surface area contributed by atoms with E-state index in [0.29, 0.717) is 17.3 Å². The summed E-state index contributed by atoms with van der Waals surface area (Å²) in [5.41, 5.74) is 2.05. The average molecular weight is 293 g/mol. The largest absolute Gasteiger partial charge is 0.472 e. The monoisotopic (exact) mass is 292 g/mol. The number of pyridine rings is 1. The van der Waals surface area contributed by atoms with Gasteiger partial charge in [-0.1, -0.05) is 32.4 Å². The van der Waals surface area contributed by atoms with Crippen molar-refractivity contribution in [3.8, 4) is 0 Å². The first-order valence-electron chi connectivity index (χ1n) is 6.33. The molecule has 5 heteroatoms. The third-order valence-electron chi connectivity index (χ3n) is 2.86. The van der Waals surface area contributed by atoms with Gasteiger partial charge >= 0.3 is 0 Å². The van der Waals surface area contributed by atoms with Crippen LogP contribution in [-0.2, 0) is 12.0 Å². The maximum absolute atomic E-state index is 12.1. The molecular formula is C15H17ClN2O2. The highest BCUT2D eigenvalue weighted by atomic mass is 35.5. The SMILES string of the molecule is CC(C)(C)c1cc(C(=O)NCc2ccoc2)cc(Cl)n1. The fourth-order valence-electron chi connectivity index (χ4n) is 1.69. The molecule has 0 fully saturated rings. The summed E-state index contributed by atoms with van der Waals surface area (Å²) in [4.78, 5) is 16.4. The lowest BCUT2D eigenvalue weighted by Crippen LogP contribution is -2.24. The smallest absolute Gasteiger partial charge is 0.251 e. The van der Waals surface area contributed by atoms with Crippen LogP contribution in [0.3, 0.4) is 0 Å². The summed E-state index contributed by atoms with van der Waals surface area (Å²) < 4.78 is 4.95. The molecule has 0 atom stereocenters. The third kappa shape index (κ3) is 3.61. The van der Waals surface area contributed by atoms with Crippen LogP contribution >= 0.6 is 11.6 Å². The van der Waals surface area contributed by atoms with Crippen LogP contribution in [0.1, 0.15) is 42.4 Å². The van der Waals surface area contributed by atoms with Gasteiger partial charge in [-0.15, -0.1) is 0 Å². The summed E-state index contributed by atoms with van der Waals surface area (Å²) in [5, 5.41) is 3.15. The summed E-state index contributed by atoms with van der Waals surface area (Å²) in [7, 11) is 0. The maximum atomic E-state index is 12.1. The Kier molecular flexibility index (Phi) is 4.14. The predicted molar refractivity (Wildman–Crippen MR) is 77.8 cm³/mol. The van der Waals surface area contributed by atoms with E-state index in [1.54, 1.807) is 30.7 Å². The molecule has 0 radical (unpaired) electrons. The number of carbonyl (C=O) groups is 1. The van der Waals surface area contributed by atoms with Gasteiger partial charge in [-0.3, -0.25) is 4.79 Å². The molecule has 2 rings (SSSR count). The second kappa shape index (κ2) is 5.67. The minimum Gasteiger partial charge on any atom is -0.472 e. The number of carbonyl (C=O) groups excluding carboxylic acids is 1. The molecule has 0 saturated heterocycles. The van der Waals surface area contributed by atoms with E-state index in [4.69, 9.17) is 16.0 Å². The first-order valence-corrected chi connectivity index (χ1v) is 6.71. The summed E-state index contributed by atoms with van der Waals surface area (Å²) >= 11 is 5.99. The summed E-state index contributed by atoms with van der Waals surface area (Å²) in [6, 6.07) is 5.15. The van der Waals surface area contributed by atoms with Crippen molar-refractivity contribution in [3.05, 3.63) is 52.7 Å². The molecule has 0 saturated carbocycles. The topological polar surface area (TPSA) is 55.1 Å². The van der Waals surface area contributed by atoms with E-state index in [0.717, 1.165) is 11.3 Å². The van der Waals surface area contributed by atoms with Crippen molar-refractivity contribution in [2.45, 2.75) is 32.7 Å². The van der Waals surface area contributed by atoms with Crippen molar-refractivity contribution in [1.82, 2.24) is 10.3 Å². The summed E-state index contributed by atoms with van der Waals surface area (Å²) in [6.07, 6.45) is 3.17. The maximum Gasteiger partial charge on any atom is 0.251 e. The van der Waals surface area contributed by atoms with Gasteiger partial charge in [0.25, 0.3) is 5.91 Å². The van der Waals surface area contributed by atoms with E-state index in [1.165, 1.54) is 0 Å². The van der Waals surface area contributed by atoms with Crippen LogP contribution in [0, 0.1) is 0 Å². The highest BCUT2D eigenvalue weighted by Crippen LogP contribution is 2.23. The number of nitrogens with zero attached hydrogens (tertiary/aromatic N) is 1. The molecule has 0 aliphatic heterocycles. The molecule has 1 amide bonds. The van der Waals surface area contributed by atoms with Gasteiger partial charge in [-0.2, -0.15) is 0 Å². The van der Waals surface area contributed by atoms with Gasteiger partial charge < -0.3 is 9.73 Å². The van der Waals surface area contributed by atoms with Crippen molar-refractivity contribution in [1.29, 1.82) is 0 Å². The molecule has 2 heterocycles. The van der Waals surface area contributed by atoms with Crippen LogP contribution in [0.5, 0.6) is 0 Å². The molecule has 0 aliphatic carbocycles. The van der Waals surface area contributed by atoms with E-state index >= 15 is 0 Å². The van der Waals surface area contributed by atoms with Gasteiger partial charge in [-0.25, -0.2) is 4.98 Å². The number of furan rings is 1. The zero-order valence-electron chi connectivity index (χ0n) is 11.7. The number of nitrogens with one attached hydrogen (secondary N) is 1. The second-order valence-electron chi connectivity index (χ2n) is 5.63. The molecule has 4 nitrogen and oxygen atoms in total. The fourth-order valence-corrected chi connectivity index (χ4v) is 1.90. The van der Waals surface area contributed by atoms with Crippen molar-refractivity contribution in [2.24, 2.45) is 0 Å². The van der Waals surface area contributed by atoms with Gasteiger partial charge in [-0.05, 0) is 18.2 Å². The van der Waals surface area contributed by atoms with Crippen molar-refractivity contribution in [3.63, 3.8) is 0 Å². The summed E-state index contributed by atoms with van der Waals surface area (Å²) in [6.45, 7) is 6.50. The Labute approximate surface area is 123 Å². The molecule has 2 aromatic rings. The van der Waals surface area contributed by atoms with Crippen LogP contribution in [-0.4, -0.2) is 10.9 Å². The average Bonchev–Trinajstić information content (AvgIpc) is 2.87. The number of amides is 1. The Bertz CT molecular complexity index is 601. The molecule has 0 unspecified atom stereocenters. The van der Waals surface area contributed by atoms with Gasteiger partial charge in [0.15, 0.2) is 0 Å². The molecular weight excluding hydrogens is 276 g/mol. The number of hydrogen-bond acceptors (Lipinski definition) is 3. The molecule has 2 aromatic heterocycles. The fraction of sp³-hybridized carbons (Fsp3) is 0.333. The lowest BCUT2D eigenvalue weighted by molar-refractivity contribution is 0.0950. The zero-order valence-corrected chi connectivity index (χ0v) is 12.5. The third-order valence-corrected chi connectivity index (χ3v) is 3.05. The minimum absolute atomic E-state index is 0.162. The number of rotatable bonds is 3. The molecule has 0 aromatic carbocycles. The van der Waals surface area contributed by atoms with E-state index in [9.17, 15) is 4.79 Å². The lowest BCUT2D eigenvalue weighted by Gasteiger charge is -2.18. The van der Waals surface area contributed by atoms with Crippen LogP contribution in [0.2, 0.25) is 5.15 Å². The van der Waals surface area contributed by atoms with Gasteiger partial charge in [0.1, 0.15) is 5.15 Å². The van der Waals surface area contributed by atoms with Gasteiger partial charge in [0.2, 0.25) is 0 Å². The second-order valence-corrected chi connectivity index (χ2v) is 6.02. The quantitative estimate of drug-likeness (QED) is 0.880. The lowest BCUT2D eigenvalue weighted by atomic mass is 9.91. The van der Waals surface area contributed by atoms with Crippen LogP contribution in [0.25, 0.3) is 0 Å². The first-order chi connectivity index (χ1) is 9.36. The molecule has 0 aliphatic rings. The van der Waals surface area contributed by atoms with Crippen LogP contribution in [0.4, 0.5) is 0 Å². The highest BCUT2D eigenvalue weighted by molar-refractivity contribution is 6.29. The summed E-state index contributed by atoms with van der Waals surface area (Å²) in [5.74, 6) is -0.180. The van der Waals surface area contributed by atoms with Crippen molar-refractivity contribution >= 4 is 17.5 Å². The molecule has 0 spiro atoms. The zero-order chi connectivity index (χ0) is 14.8. The van der Waals surface area contributed by atoms with Gasteiger partial charge in [0.05, 0.1) is 12.5 Å². The van der Waals surface area contributed by atoms with Crippen LogP contribution < -0.4 is 5.32 Å². The predicted octanol–water partition coefficient (Wildman–Crippen LogP) is 3.56. The van der Waals surface area contributed by atoms with Crippen LogP contribution in [0.15, 0.2) is 35.1 Å². The highest BCUT2D eigenvalue weighted by Gasteiger charge is 2.18.